The Labute approximate surface area is 150 Å². The number of carbonyl (C=O) groups excluding carboxylic acids is 2. The Morgan fingerprint density at radius 1 is 1.20 bits per heavy atom. The van der Waals surface area contributed by atoms with Gasteiger partial charge in [-0.05, 0) is 32.0 Å². The number of piperazine rings is 1. The molecule has 1 aromatic rings. The van der Waals surface area contributed by atoms with Crippen molar-refractivity contribution in [2.75, 3.05) is 49.5 Å². The van der Waals surface area contributed by atoms with Gasteiger partial charge in [0.1, 0.15) is 0 Å². The lowest BCUT2D eigenvalue weighted by molar-refractivity contribution is -0.129. The fourth-order valence-electron chi connectivity index (χ4n) is 2.92. The van der Waals surface area contributed by atoms with Gasteiger partial charge in [0.2, 0.25) is 5.91 Å². The van der Waals surface area contributed by atoms with Crippen LogP contribution in [-0.4, -0.2) is 61.0 Å². The summed E-state index contributed by atoms with van der Waals surface area (Å²) < 4.78 is 0. The Morgan fingerprint density at radius 3 is 2.44 bits per heavy atom. The topological polar surface area (TPSA) is 55.9 Å². The van der Waals surface area contributed by atoms with E-state index in [2.05, 4.69) is 16.8 Å². The van der Waals surface area contributed by atoms with Crippen LogP contribution in [0.5, 0.6) is 0 Å². The van der Waals surface area contributed by atoms with Gasteiger partial charge in [0, 0.05) is 57.6 Å². The van der Waals surface area contributed by atoms with E-state index in [4.69, 9.17) is 0 Å². The van der Waals surface area contributed by atoms with E-state index >= 15 is 0 Å². The maximum Gasteiger partial charge on any atom is 0.322 e. The minimum atomic E-state index is -0.121. The number of urea groups is 1. The van der Waals surface area contributed by atoms with Crippen LogP contribution in [0, 0.1) is 0 Å². The van der Waals surface area contributed by atoms with Gasteiger partial charge in [-0.15, -0.1) is 0 Å². The lowest BCUT2D eigenvalue weighted by atomic mass is 10.2. The number of likely N-dealkylation sites (N-methyl/N-ethyl adjacent to an activating group) is 1. The molecule has 6 nitrogen and oxygen atoms in total. The highest BCUT2D eigenvalue weighted by atomic mass is 16.2. The molecule has 2 rings (SSSR count). The highest BCUT2D eigenvalue weighted by Crippen LogP contribution is 2.21. The van der Waals surface area contributed by atoms with Crippen LogP contribution in [0.15, 0.2) is 36.4 Å². The normalized spacial score (nSPS) is 14.2. The van der Waals surface area contributed by atoms with Gasteiger partial charge in [-0.1, -0.05) is 18.2 Å². The molecule has 0 aromatic heterocycles. The van der Waals surface area contributed by atoms with Crippen molar-refractivity contribution >= 4 is 23.3 Å². The summed E-state index contributed by atoms with van der Waals surface area (Å²) in [6.45, 7) is 13.6. The monoisotopic (exact) mass is 344 g/mol. The van der Waals surface area contributed by atoms with E-state index in [1.807, 2.05) is 43.0 Å². The van der Waals surface area contributed by atoms with Crippen molar-refractivity contribution in [1.29, 1.82) is 0 Å². The number of hydrogen-bond donors (Lipinski definition) is 1. The number of benzene rings is 1. The van der Waals surface area contributed by atoms with E-state index in [0.717, 1.165) is 43.1 Å². The first-order valence-corrected chi connectivity index (χ1v) is 8.71. The highest BCUT2D eigenvalue weighted by molar-refractivity contribution is 5.90. The summed E-state index contributed by atoms with van der Waals surface area (Å²) >= 11 is 0. The Kier molecular flexibility index (Phi) is 6.44. The van der Waals surface area contributed by atoms with Crippen LogP contribution < -0.4 is 10.2 Å². The van der Waals surface area contributed by atoms with E-state index in [9.17, 15) is 9.59 Å². The molecule has 1 heterocycles. The number of amides is 3. The molecule has 0 atom stereocenters. The molecular formula is C19H28N4O2. The van der Waals surface area contributed by atoms with Crippen LogP contribution in [0.4, 0.5) is 16.2 Å². The van der Waals surface area contributed by atoms with Gasteiger partial charge in [-0.3, -0.25) is 4.79 Å². The lowest BCUT2D eigenvalue weighted by Gasteiger charge is -2.35. The maximum absolute atomic E-state index is 12.4. The van der Waals surface area contributed by atoms with Gasteiger partial charge >= 0.3 is 6.03 Å². The molecule has 3 amide bonds. The fourth-order valence-corrected chi connectivity index (χ4v) is 2.92. The SMILES string of the molecule is C=C(C)CN(CC)C(=O)Nc1cccc(N2CCN(C(C)=O)CC2)c1. The molecule has 1 fully saturated rings. The summed E-state index contributed by atoms with van der Waals surface area (Å²) in [6.07, 6.45) is 0. The van der Waals surface area contributed by atoms with Crippen molar-refractivity contribution in [2.45, 2.75) is 20.8 Å². The number of carbonyl (C=O) groups is 2. The Balaban J connectivity index is 2.00. The molecule has 0 bridgehead atoms. The smallest absolute Gasteiger partial charge is 0.322 e. The zero-order valence-electron chi connectivity index (χ0n) is 15.4. The van der Waals surface area contributed by atoms with Crippen molar-refractivity contribution in [3.63, 3.8) is 0 Å². The minimum absolute atomic E-state index is 0.121. The number of nitrogens with zero attached hydrogens (tertiary/aromatic N) is 3. The van der Waals surface area contributed by atoms with Crippen molar-refractivity contribution in [3.8, 4) is 0 Å². The molecule has 0 aliphatic carbocycles. The third kappa shape index (κ3) is 5.24. The fraction of sp³-hybridized carbons (Fsp3) is 0.474. The summed E-state index contributed by atoms with van der Waals surface area (Å²) in [7, 11) is 0. The second-order valence-corrected chi connectivity index (χ2v) is 6.44. The molecule has 0 spiro atoms. The van der Waals surface area contributed by atoms with Crippen molar-refractivity contribution in [1.82, 2.24) is 9.80 Å². The zero-order valence-corrected chi connectivity index (χ0v) is 15.4. The summed E-state index contributed by atoms with van der Waals surface area (Å²) in [5, 5.41) is 2.96. The molecule has 1 aliphatic heterocycles. The van der Waals surface area contributed by atoms with E-state index in [1.165, 1.54) is 0 Å². The van der Waals surface area contributed by atoms with E-state index in [1.54, 1.807) is 11.8 Å². The minimum Gasteiger partial charge on any atom is -0.368 e. The number of anilines is 2. The maximum atomic E-state index is 12.4. The number of hydrogen-bond acceptors (Lipinski definition) is 3. The van der Waals surface area contributed by atoms with Gasteiger partial charge < -0.3 is 20.0 Å². The average molecular weight is 344 g/mol. The van der Waals surface area contributed by atoms with E-state index in [-0.39, 0.29) is 11.9 Å². The molecule has 0 unspecified atom stereocenters. The van der Waals surface area contributed by atoms with Crippen molar-refractivity contribution in [3.05, 3.63) is 36.4 Å². The largest absolute Gasteiger partial charge is 0.368 e. The quantitative estimate of drug-likeness (QED) is 0.836. The predicted molar refractivity (Wildman–Crippen MR) is 102 cm³/mol. The molecule has 1 N–H and O–H groups in total. The predicted octanol–water partition coefficient (Wildman–Crippen LogP) is 2.79. The second-order valence-electron chi connectivity index (χ2n) is 6.44. The van der Waals surface area contributed by atoms with Gasteiger partial charge in [0.15, 0.2) is 0 Å². The van der Waals surface area contributed by atoms with Crippen LogP contribution in [0.2, 0.25) is 0 Å². The summed E-state index contributed by atoms with van der Waals surface area (Å²) in [5.41, 5.74) is 2.79. The van der Waals surface area contributed by atoms with Crippen LogP contribution in [0.3, 0.4) is 0 Å². The molecule has 1 aromatic carbocycles. The Bertz CT molecular complexity index is 636. The van der Waals surface area contributed by atoms with Crippen LogP contribution >= 0.6 is 0 Å². The third-order valence-corrected chi connectivity index (χ3v) is 4.32. The Hall–Kier alpha value is -2.50. The van der Waals surface area contributed by atoms with Crippen molar-refractivity contribution < 1.29 is 9.59 Å². The Morgan fingerprint density at radius 2 is 1.88 bits per heavy atom. The molecular weight excluding hydrogens is 316 g/mol. The number of nitrogens with one attached hydrogen (secondary N) is 1. The standard InChI is InChI=1S/C19H28N4O2/c1-5-21(14-15(2)3)19(25)20-17-7-6-8-18(13-17)23-11-9-22(10-12-23)16(4)24/h6-8,13H,2,5,9-12,14H2,1,3-4H3,(H,20,25). The second kappa shape index (κ2) is 8.55. The summed E-state index contributed by atoms with van der Waals surface area (Å²) in [5.74, 6) is 0.123. The first-order chi connectivity index (χ1) is 11.9. The molecule has 136 valence electrons. The lowest BCUT2D eigenvalue weighted by Crippen LogP contribution is -2.48. The molecule has 1 aliphatic rings. The summed E-state index contributed by atoms with van der Waals surface area (Å²) in [4.78, 5) is 29.7. The number of rotatable bonds is 5. The van der Waals surface area contributed by atoms with E-state index < -0.39 is 0 Å². The molecule has 25 heavy (non-hydrogen) atoms. The van der Waals surface area contributed by atoms with Gasteiger partial charge in [-0.2, -0.15) is 0 Å². The molecule has 1 saturated heterocycles. The molecule has 0 radical (unpaired) electrons. The first-order valence-electron chi connectivity index (χ1n) is 8.71. The van der Waals surface area contributed by atoms with Crippen LogP contribution in [0.1, 0.15) is 20.8 Å². The first kappa shape index (κ1) is 18.8. The van der Waals surface area contributed by atoms with Crippen molar-refractivity contribution in [2.24, 2.45) is 0 Å². The van der Waals surface area contributed by atoms with Gasteiger partial charge in [0.25, 0.3) is 0 Å². The zero-order chi connectivity index (χ0) is 18.4. The van der Waals surface area contributed by atoms with Gasteiger partial charge in [0.05, 0.1) is 0 Å². The molecule has 6 heteroatoms. The van der Waals surface area contributed by atoms with Crippen LogP contribution in [0.25, 0.3) is 0 Å². The summed E-state index contributed by atoms with van der Waals surface area (Å²) in [6, 6.07) is 7.73. The highest BCUT2D eigenvalue weighted by Gasteiger charge is 2.19. The average Bonchev–Trinajstić information content (AvgIpc) is 2.59. The molecule has 0 saturated carbocycles. The van der Waals surface area contributed by atoms with Gasteiger partial charge in [-0.25, -0.2) is 4.79 Å². The third-order valence-electron chi connectivity index (χ3n) is 4.32. The van der Waals surface area contributed by atoms with Crippen LogP contribution in [-0.2, 0) is 4.79 Å². The van der Waals surface area contributed by atoms with E-state index in [0.29, 0.717) is 13.1 Å².